The maximum absolute atomic E-state index is 6.95. The second-order valence-corrected chi connectivity index (χ2v) is 16.3. The lowest BCUT2D eigenvalue weighted by Crippen LogP contribution is -1.92. The highest BCUT2D eigenvalue weighted by atomic mass is 16.3. The maximum atomic E-state index is 6.95. The molecule has 2 heterocycles. The first-order valence-electron chi connectivity index (χ1n) is 21.2. The molecular formula is C60H36O2. The van der Waals surface area contributed by atoms with E-state index in [1.165, 1.54) is 60.1 Å². The standard InChI is InChI=1S/C60H36O2/c1-2-14-43-38(12-1)13-11-21-44(43)39-28-30-41(31-29-39)57-47-16-3-5-18-49(47)58(50-19-6-4-17-48(50)57)52-34-33-45(59-51-20-8-10-23-55(51)62-60(52)59)40-26-24-37(25-27-40)42-32-35-56-53(36-42)46-15-7-9-22-54(46)61-56/h1-36H. The molecule has 0 aliphatic rings. The molecule has 0 saturated carbocycles. The van der Waals surface area contributed by atoms with Gasteiger partial charge in [0, 0.05) is 32.7 Å². The Morgan fingerprint density at radius 1 is 0.242 bits per heavy atom. The Bertz CT molecular complexity index is 3840. The summed E-state index contributed by atoms with van der Waals surface area (Å²) in [5.41, 5.74) is 15.4. The molecule has 0 radical (unpaired) electrons. The van der Waals surface area contributed by atoms with Gasteiger partial charge in [-0.2, -0.15) is 0 Å². The molecule has 0 amide bonds. The van der Waals surface area contributed by atoms with E-state index in [1.54, 1.807) is 0 Å². The van der Waals surface area contributed by atoms with Gasteiger partial charge in [0.1, 0.15) is 22.3 Å². The number of furan rings is 2. The largest absolute Gasteiger partial charge is 0.456 e. The summed E-state index contributed by atoms with van der Waals surface area (Å²) >= 11 is 0. The molecule has 0 N–H and O–H groups in total. The van der Waals surface area contributed by atoms with Crippen LogP contribution in [0.15, 0.2) is 227 Å². The van der Waals surface area contributed by atoms with Crippen LogP contribution in [0.3, 0.4) is 0 Å². The molecule has 0 aliphatic carbocycles. The first-order chi connectivity index (χ1) is 30.7. The summed E-state index contributed by atoms with van der Waals surface area (Å²) in [6, 6.07) is 78.7. The maximum Gasteiger partial charge on any atom is 0.143 e. The average Bonchev–Trinajstić information content (AvgIpc) is 3.92. The van der Waals surface area contributed by atoms with Crippen molar-refractivity contribution in [1.29, 1.82) is 0 Å². The van der Waals surface area contributed by atoms with Crippen LogP contribution in [-0.2, 0) is 0 Å². The second kappa shape index (κ2) is 13.7. The third kappa shape index (κ3) is 5.30. The number of hydrogen-bond donors (Lipinski definition) is 0. The van der Waals surface area contributed by atoms with Gasteiger partial charge >= 0.3 is 0 Å². The Kier molecular flexibility index (Phi) is 7.64. The molecule has 62 heavy (non-hydrogen) atoms. The Balaban J connectivity index is 0.967. The zero-order valence-electron chi connectivity index (χ0n) is 33.6. The fourth-order valence-corrected chi connectivity index (χ4v) is 10.0. The first-order valence-corrected chi connectivity index (χ1v) is 21.2. The fourth-order valence-electron chi connectivity index (χ4n) is 10.0. The molecule has 13 rings (SSSR count). The summed E-state index contributed by atoms with van der Waals surface area (Å²) < 4.78 is 13.1. The predicted molar refractivity (Wildman–Crippen MR) is 261 cm³/mol. The van der Waals surface area contributed by atoms with Crippen molar-refractivity contribution in [2.75, 3.05) is 0 Å². The van der Waals surface area contributed by atoms with Gasteiger partial charge < -0.3 is 8.83 Å². The summed E-state index contributed by atoms with van der Waals surface area (Å²) in [7, 11) is 0. The normalized spacial score (nSPS) is 11.9. The number of para-hydroxylation sites is 2. The molecule has 11 aromatic carbocycles. The van der Waals surface area contributed by atoms with Gasteiger partial charge in [0.25, 0.3) is 0 Å². The molecule has 0 atom stereocenters. The third-order valence-corrected chi connectivity index (χ3v) is 12.9. The zero-order valence-corrected chi connectivity index (χ0v) is 33.6. The van der Waals surface area contributed by atoms with Crippen LogP contribution in [-0.4, -0.2) is 0 Å². The van der Waals surface area contributed by atoms with Crippen molar-refractivity contribution in [1.82, 2.24) is 0 Å². The number of fused-ring (bicyclic) bond motifs is 9. The molecule has 0 bridgehead atoms. The van der Waals surface area contributed by atoms with E-state index in [0.29, 0.717) is 0 Å². The second-order valence-electron chi connectivity index (χ2n) is 16.3. The monoisotopic (exact) mass is 788 g/mol. The van der Waals surface area contributed by atoms with Crippen molar-refractivity contribution < 1.29 is 8.83 Å². The molecule has 0 fully saturated rings. The van der Waals surface area contributed by atoms with Crippen molar-refractivity contribution in [3.63, 3.8) is 0 Å². The van der Waals surface area contributed by atoms with E-state index in [2.05, 4.69) is 206 Å². The zero-order chi connectivity index (χ0) is 40.7. The van der Waals surface area contributed by atoms with Gasteiger partial charge in [-0.25, -0.2) is 0 Å². The van der Waals surface area contributed by atoms with Crippen LogP contribution in [0.1, 0.15) is 0 Å². The van der Waals surface area contributed by atoms with Gasteiger partial charge in [-0.05, 0) is 107 Å². The van der Waals surface area contributed by atoms with E-state index < -0.39 is 0 Å². The Hall–Kier alpha value is -8.20. The lowest BCUT2D eigenvalue weighted by Gasteiger charge is -2.18. The van der Waals surface area contributed by atoms with E-state index in [1.807, 2.05) is 12.1 Å². The van der Waals surface area contributed by atoms with Crippen LogP contribution in [0.5, 0.6) is 0 Å². The number of rotatable bonds is 5. The van der Waals surface area contributed by atoms with Gasteiger partial charge in [-0.3, -0.25) is 0 Å². The summed E-state index contributed by atoms with van der Waals surface area (Å²) in [6.07, 6.45) is 0. The lowest BCUT2D eigenvalue weighted by atomic mass is 9.84. The van der Waals surface area contributed by atoms with Crippen molar-refractivity contribution in [2.45, 2.75) is 0 Å². The van der Waals surface area contributed by atoms with E-state index >= 15 is 0 Å². The van der Waals surface area contributed by atoms with Crippen LogP contribution in [0, 0.1) is 0 Å². The molecule has 288 valence electrons. The fraction of sp³-hybridized carbons (Fsp3) is 0. The minimum absolute atomic E-state index is 0.880. The Labute approximate surface area is 357 Å². The SMILES string of the molecule is c1ccc2c(-c3ccc(-c4c5ccccc5c(-c5ccc(-c6ccc(-c7ccc8oc9ccccc9c8c7)cc6)c6c5oc5ccccc56)c5ccccc45)cc3)cccc2c1. The number of benzene rings is 11. The molecule has 0 aliphatic heterocycles. The molecule has 2 nitrogen and oxygen atoms in total. The highest BCUT2D eigenvalue weighted by Crippen LogP contribution is 2.49. The van der Waals surface area contributed by atoms with Gasteiger partial charge in [0.15, 0.2) is 0 Å². The predicted octanol–water partition coefficient (Wildman–Crippen LogP) is 17.3. The molecule has 0 saturated heterocycles. The third-order valence-electron chi connectivity index (χ3n) is 12.9. The number of hydrogen-bond acceptors (Lipinski definition) is 2. The van der Waals surface area contributed by atoms with E-state index in [4.69, 9.17) is 8.83 Å². The van der Waals surface area contributed by atoms with E-state index in [-0.39, 0.29) is 0 Å². The molecular weight excluding hydrogens is 753 g/mol. The van der Waals surface area contributed by atoms with Gasteiger partial charge in [-0.1, -0.05) is 188 Å². The van der Waals surface area contributed by atoms with Crippen molar-refractivity contribution in [3.05, 3.63) is 218 Å². The minimum Gasteiger partial charge on any atom is -0.456 e. The first kappa shape index (κ1) is 34.6. The lowest BCUT2D eigenvalue weighted by molar-refractivity contribution is 0.669. The molecule has 13 aromatic rings. The minimum atomic E-state index is 0.880. The van der Waals surface area contributed by atoms with Crippen LogP contribution in [0.4, 0.5) is 0 Å². The quantitative estimate of drug-likeness (QED) is 0.162. The van der Waals surface area contributed by atoms with E-state index in [0.717, 1.165) is 71.7 Å². The van der Waals surface area contributed by atoms with Crippen LogP contribution in [0.2, 0.25) is 0 Å². The van der Waals surface area contributed by atoms with Crippen molar-refractivity contribution >= 4 is 76.2 Å². The smallest absolute Gasteiger partial charge is 0.143 e. The average molecular weight is 789 g/mol. The summed E-state index contributed by atoms with van der Waals surface area (Å²) in [5.74, 6) is 0. The molecule has 2 heteroatoms. The van der Waals surface area contributed by atoms with Gasteiger partial charge in [0.2, 0.25) is 0 Å². The van der Waals surface area contributed by atoms with Gasteiger partial charge in [0.05, 0.1) is 0 Å². The van der Waals surface area contributed by atoms with Crippen LogP contribution >= 0.6 is 0 Å². The highest BCUT2D eigenvalue weighted by molar-refractivity contribution is 6.25. The molecule has 2 aromatic heterocycles. The molecule has 0 spiro atoms. The summed E-state index contributed by atoms with van der Waals surface area (Å²) in [4.78, 5) is 0. The topological polar surface area (TPSA) is 26.3 Å². The summed E-state index contributed by atoms with van der Waals surface area (Å²) in [5, 5.41) is 11.8. The van der Waals surface area contributed by atoms with E-state index in [9.17, 15) is 0 Å². The summed E-state index contributed by atoms with van der Waals surface area (Å²) in [6.45, 7) is 0. The Morgan fingerprint density at radius 2 is 0.726 bits per heavy atom. The van der Waals surface area contributed by atoms with Crippen molar-refractivity contribution in [2.24, 2.45) is 0 Å². The van der Waals surface area contributed by atoms with Crippen LogP contribution < -0.4 is 0 Å². The van der Waals surface area contributed by atoms with Crippen molar-refractivity contribution in [3.8, 4) is 55.6 Å². The highest BCUT2D eigenvalue weighted by Gasteiger charge is 2.22. The van der Waals surface area contributed by atoms with Gasteiger partial charge in [-0.15, -0.1) is 0 Å². The molecule has 0 unspecified atom stereocenters. The van der Waals surface area contributed by atoms with Crippen LogP contribution in [0.25, 0.3) is 132 Å². The Morgan fingerprint density at radius 3 is 1.44 bits per heavy atom.